The molecular weight excluding hydrogens is 298 g/mol. The summed E-state index contributed by atoms with van der Waals surface area (Å²) >= 11 is 0. The number of carbonyl (C=O) groups is 1. The SMILES string of the molecule is N#Cc1ccc(CN2CCCN(C(=O)C[C@H]3C=CCC3)CC2)cc1. The van der Waals surface area contributed by atoms with Crippen LogP contribution in [0.4, 0.5) is 0 Å². The summed E-state index contributed by atoms with van der Waals surface area (Å²) in [6, 6.07) is 9.95. The molecule has 0 radical (unpaired) electrons. The van der Waals surface area contributed by atoms with Crippen LogP contribution in [0.15, 0.2) is 36.4 Å². The molecule has 4 heteroatoms. The Kier molecular flexibility index (Phi) is 5.66. The normalized spacial score (nSPS) is 21.5. The van der Waals surface area contributed by atoms with Crippen LogP contribution < -0.4 is 0 Å². The second kappa shape index (κ2) is 8.12. The molecular formula is C20H25N3O. The predicted molar refractivity (Wildman–Crippen MR) is 94.1 cm³/mol. The van der Waals surface area contributed by atoms with Crippen LogP contribution in [0.25, 0.3) is 0 Å². The van der Waals surface area contributed by atoms with E-state index in [1.165, 1.54) is 5.56 Å². The first-order valence-electron chi connectivity index (χ1n) is 8.90. The fourth-order valence-electron chi connectivity index (χ4n) is 3.54. The molecule has 4 nitrogen and oxygen atoms in total. The first-order valence-corrected chi connectivity index (χ1v) is 8.90. The summed E-state index contributed by atoms with van der Waals surface area (Å²) in [5.41, 5.74) is 1.93. The van der Waals surface area contributed by atoms with Crippen LogP contribution in [-0.4, -0.2) is 41.9 Å². The van der Waals surface area contributed by atoms with Gasteiger partial charge >= 0.3 is 0 Å². The number of hydrogen-bond donors (Lipinski definition) is 0. The maximum Gasteiger partial charge on any atom is 0.223 e. The third-order valence-corrected chi connectivity index (χ3v) is 4.98. The molecule has 1 atom stereocenters. The quantitative estimate of drug-likeness (QED) is 0.800. The van der Waals surface area contributed by atoms with Gasteiger partial charge in [0.25, 0.3) is 0 Å². The summed E-state index contributed by atoms with van der Waals surface area (Å²) in [5, 5.41) is 8.87. The molecule has 1 aliphatic heterocycles. The molecule has 1 fully saturated rings. The zero-order chi connectivity index (χ0) is 16.8. The van der Waals surface area contributed by atoms with Gasteiger partial charge < -0.3 is 4.90 Å². The highest BCUT2D eigenvalue weighted by molar-refractivity contribution is 5.76. The van der Waals surface area contributed by atoms with Crippen molar-refractivity contribution in [3.8, 4) is 6.07 Å². The van der Waals surface area contributed by atoms with E-state index in [2.05, 4.69) is 23.1 Å². The smallest absolute Gasteiger partial charge is 0.223 e. The van der Waals surface area contributed by atoms with Crippen molar-refractivity contribution in [3.05, 3.63) is 47.5 Å². The minimum absolute atomic E-state index is 0.312. The van der Waals surface area contributed by atoms with E-state index >= 15 is 0 Å². The Balaban J connectivity index is 1.49. The van der Waals surface area contributed by atoms with E-state index in [0.29, 0.717) is 23.8 Å². The third kappa shape index (κ3) is 4.46. The van der Waals surface area contributed by atoms with Crippen LogP contribution in [0.5, 0.6) is 0 Å². The van der Waals surface area contributed by atoms with Gasteiger partial charge in [0.05, 0.1) is 11.6 Å². The average Bonchev–Trinajstić information content (AvgIpc) is 3.00. The molecule has 126 valence electrons. The molecule has 1 heterocycles. The van der Waals surface area contributed by atoms with Gasteiger partial charge in [-0.05, 0) is 42.9 Å². The minimum Gasteiger partial charge on any atom is -0.341 e. The van der Waals surface area contributed by atoms with E-state index in [4.69, 9.17) is 5.26 Å². The van der Waals surface area contributed by atoms with Crippen LogP contribution in [0.1, 0.15) is 36.8 Å². The molecule has 2 aliphatic rings. The summed E-state index contributed by atoms with van der Waals surface area (Å²) in [7, 11) is 0. The molecule has 1 amide bonds. The van der Waals surface area contributed by atoms with Crippen molar-refractivity contribution >= 4 is 5.91 Å². The molecule has 0 saturated carbocycles. The molecule has 0 aromatic heterocycles. The van der Waals surface area contributed by atoms with Crippen LogP contribution in [0.2, 0.25) is 0 Å². The number of benzene rings is 1. The Morgan fingerprint density at radius 3 is 2.71 bits per heavy atom. The van der Waals surface area contributed by atoms with E-state index in [1.807, 2.05) is 29.2 Å². The summed E-state index contributed by atoms with van der Waals surface area (Å²) in [5.74, 6) is 0.766. The number of allylic oxidation sites excluding steroid dienone is 2. The number of nitriles is 1. The molecule has 1 aliphatic carbocycles. The van der Waals surface area contributed by atoms with E-state index in [-0.39, 0.29) is 0 Å². The molecule has 1 saturated heterocycles. The van der Waals surface area contributed by atoms with E-state index < -0.39 is 0 Å². The van der Waals surface area contributed by atoms with Crippen molar-refractivity contribution in [2.45, 2.75) is 32.2 Å². The topological polar surface area (TPSA) is 47.3 Å². The van der Waals surface area contributed by atoms with Gasteiger partial charge in [0.2, 0.25) is 5.91 Å². The van der Waals surface area contributed by atoms with Crippen molar-refractivity contribution in [2.24, 2.45) is 5.92 Å². The number of amides is 1. The number of rotatable bonds is 4. The second-order valence-corrected chi connectivity index (χ2v) is 6.79. The van der Waals surface area contributed by atoms with Gasteiger partial charge in [0.1, 0.15) is 0 Å². The highest BCUT2D eigenvalue weighted by Crippen LogP contribution is 2.21. The Hall–Kier alpha value is -2.12. The van der Waals surface area contributed by atoms with Gasteiger partial charge in [0.15, 0.2) is 0 Å². The van der Waals surface area contributed by atoms with Gasteiger partial charge in [-0.15, -0.1) is 0 Å². The average molecular weight is 323 g/mol. The van der Waals surface area contributed by atoms with Gasteiger partial charge in [-0.25, -0.2) is 0 Å². The van der Waals surface area contributed by atoms with E-state index in [0.717, 1.165) is 52.0 Å². The lowest BCUT2D eigenvalue weighted by Crippen LogP contribution is -2.35. The third-order valence-electron chi connectivity index (χ3n) is 4.98. The van der Waals surface area contributed by atoms with Gasteiger partial charge in [-0.2, -0.15) is 5.26 Å². The number of carbonyl (C=O) groups excluding carboxylic acids is 1. The Morgan fingerprint density at radius 1 is 1.17 bits per heavy atom. The van der Waals surface area contributed by atoms with Crippen molar-refractivity contribution in [3.63, 3.8) is 0 Å². The van der Waals surface area contributed by atoms with Crippen LogP contribution in [-0.2, 0) is 11.3 Å². The monoisotopic (exact) mass is 323 g/mol. The van der Waals surface area contributed by atoms with E-state index in [9.17, 15) is 4.79 Å². The Bertz CT molecular complexity index is 629. The summed E-state index contributed by atoms with van der Waals surface area (Å²) in [6.45, 7) is 4.53. The van der Waals surface area contributed by atoms with Gasteiger partial charge in [0, 0.05) is 39.1 Å². The highest BCUT2D eigenvalue weighted by Gasteiger charge is 2.22. The molecule has 0 spiro atoms. The molecule has 3 rings (SSSR count). The first-order chi connectivity index (χ1) is 11.7. The maximum absolute atomic E-state index is 12.5. The minimum atomic E-state index is 0.312. The zero-order valence-corrected chi connectivity index (χ0v) is 14.2. The number of hydrogen-bond acceptors (Lipinski definition) is 3. The van der Waals surface area contributed by atoms with Gasteiger partial charge in [-0.1, -0.05) is 24.3 Å². The van der Waals surface area contributed by atoms with Crippen LogP contribution in [0, 0.1) is 17.2 Å². The number of nitrogens with zero attached hydrogens (tertiary/aromatic N) is 3. The highest BCUT2D eigenvalue weighted by atomic mass is 16.2. The van der Waals surface area contributed by atoms with Gasteiger partial charge in [-0.3, -0.25) is 9.69 Å². The molecule has 0 unspecified atom stereocenters. The lowest BCUT2D eigenvalue weighted by Gasteiger charge is -2.23. The van der Waals surface area contributed by atoms with Crippen molar-refractivity contribution < 1.29 is 4.79 Å². The summed E-state index contributed by atoms with van der Waals surface area (Å²) in [4.78, 5) is 16.9. The zero-order valence-electron chi connectivity index (χ0n) is 14.2. The fraction of sp³-hybridized carbons (Fsp3) is 0.500. The second-order valence-electron chi connectivity index (χ2n) is 6.79. The Labute approximate surface area is 144 Å². The largest absolute Gasteiger partial charge is 0.341 e. The lowest BCUT2D eigenvalue weighted by atomic mass is 10.0. The van der Waals surface area contributed by atoms with Crippen LogP contribution >= 0.6 is 0 Å². The molecule has 24 heavy (non-hydrogen) atoms. The van der Waals surface area contributed by atoms with Crippen molar-refractivity contribution in [2.75, 3.05) is 26.2 Å². The van der Waals surface area contributed by atoms with E-state index in [1.54, 1.807) is 0 Å². The van der Waals surface area contributed by atoms with Crippen molar-refractivity contribution in [1.29, 1.82) is 5.26 Å². The maximum atomic E-state index is 12.5. The Morgan fingerprint density at radius 2 is 2.00 bits per heavy atom. The molecule has 1 aromatic rings. The molecule has 1 aromatic carbocycles. The predicted octanol–water partition coefficient (Wildman–Crippen LogP) is 2.95. The standard InChI is InChI=1S/C20H25N3O/c21-15-18-6-8-19(9-7-18)16-22-10-3-11-23(13-12-22)20(24)14-17-4-1-2-5-17/h1,4,6-9,17H,2-3,5,10-14,16H2/t17-/m0/s1. The molecule has 0 N–H and O–H groups in total. The first kappa shape index (κ1) is 16.7. The molecule has 0 bridgehead atoms. The summed E-state index contributed by atoms with van der Waals surface area (Å²) < 4.78 is 0. The lowest BCUT2D eigenvalue weighted by molar-refractivity contribution is -0.131. The fourth-order valence-corrected chi connectivity index (χ4v) is 3.54. The summed E-state index contributed by atoms with van der Waals surface area (Å²) in [6.07, 6.45) is 8.35. The van der Waals surface area contributed by atoms with Crippen molar-refractivity contribution in [1.82, 2.24) is 9.80 Å². The van der Waals surface area contributed by atoms with Crippen LogP contribution in [0.3, 0.4) is 0 Å².